The molecule has 0 atom stereocenters. The van der Waals surface area contributed by atoms with Gasteiger partial charge in [-0.25, -0.2) is 0 Å². The van der Waals surface area contributed by atoms with Crippen LogP contribution in [0.25, 0.3) is 11.3 Å². The first-order chi connectivity index (χ1) is 8.08. The Hall–Kier alpha value is -2.63. The number of nitro benzene ring substituents is 1. The first kappa shape index (κ1) is 10.9. The fourth-order valence-electron chi connectivity index (χ4n) is 1.38. The summed E-state index contributed by atoms with van der Waals surface area (Å²) < 4.78 is 4.98. The first-order valence-electron chi connectivity index (χ1n) is 4.64. The molecular weight excluding hydrogens is 226 g/mol. The number of carboxylic acid groups (broad SMARTS) is 1. The van der Waals surface area contributed by atoms with Crippen LogP contribution in [-0.4, -0.2) is 10.9 Å². The standard InChI is InChI=1S/C11H7NO5/c13-11(14)10-5-4-9(17-10)7-2-1-3-8(6-7)12(15)16/h1-6H,(H,13,14)/p-1. The predicted molar refractivity (Wildman–Crippen MR) is 55.1 cm³/mol. The summed E-state index contributed by atoms with van der Waals surface area (Å²) in [5, 5.41) is 21.1. The van der Waals surface area contributed by atoms with Crippen molar-refractivity contribution in [1.82, 2.24) is 0 Å². The molecule has 17 heavy (non-hydrogen) atoms. The molecule has 1 aromatic heterocycles. The summed E-state index contributed by atoms with van der Waals surface area (Å²) in [5.41, 5.74) is 0.348. The highest BCUT2D eigenvalue weighted by atomic mass is 16.6. The maximum atomic E-state index is 10.6. The Kier molecular flexibility index (Phi) is 2.61. The van der Waals surface area contributed by atoms with Crippen LogP contribution in [0.15, 0.2) is 40.8 Å². The van der Waals surface area contributed by atoms with E-state index in [-0.39, 0.29) is 17.2 Å². The molecule has 0 N–H and O–H groups in total. The molecule has 1 aromatic carbocycles. The van der Waals surface area contributed by atoms with Gasteiger partial charge in [0.05, 0.1) is 4.92 Å². The van der Waals surface area contributed by atoms with E-state index in [1.165, 1.54) is 30.3 Å². The number of carbonyl (C=O) groups is 1. The average Bonchev–Trinajstić information content (AvgIpc) is 2.78. The molecule has 0 saturated heterocycles. The lowest BCUT2D eigenvalue weighted by Crippen LogP contribution is -2.21. The lowest BCUT2D eigenvalue weighted by molar-refractivity contribution is -0.384. The number of carboxylic acids is 1. The Morgan fingerprint density at radius 2 is 2.00 bits per heavy atom. The van der Waals surface area contributed by atoms with Crippen molar-refractivity contribution in [2.24, 2.45) is 0 Å². The van der Waals surface area contributed by atoms with E-state index in [1.54, 1.807) is 6.07 Å². The number of hydrogen-bond donors (Lipinski definition) is 0. The normalized spacial score (nSPS) is 10.1. The molecule has 0 aliphatic carbocycles. The lowest BCUT2D eigenvalue weighted by Gasteiger charge is -1.98. The molecule has 86 valence electrons. The van der Waals surface area contributed by atoms with Gasteiger partial charge in [-0.2, -0.15) is 0 Å². The number of rotatable bonds is 3. The summed E-state index contributed by atoms with van der Waals surface area (Å²) in [6.45, 7) is 0. The molecule has 2 aromatic rings. The van der Waals surface area contributed by atoms with E-state index in [4.69, 9.17) is 4.42 Å². The van der Waals surface area contributed by atoms with Crippen LogP contribution in [0.2, 0.25) is 0 Å². The maximum Gasteiger partial charge on any atom is 0.270 e. The van der Waals surface area contributed by atoms with Gasteiger partial charge in [0.25, 0.3) is 5.69 Å². The number of benzene rings is 1. The molecule has 0 bridgehead atoms. The largest absolute Gasteiger partial charge is 0.542 e. The van der Waals surface area contributed by atoms with Crippen molar-refractivity contribution >= 4 is 11.7 Å². The van der Waals surface area contributed by atoms with Gasteiger partial charge in [0.2, 0.25) is 0 Å². The van der Waals surface area contributed by atoms with Gasteiger partial charge >= 0.3 is 0 Å². The molecule has 0 unspecified atom stereocenters. The number of nitrogens with zero attached hydrogens (tertiary/aromatic N) is 1. The predicted octanol–water partition coefficient (Wildman–Crippen LogP) is 1.22. The molecule has 6 heteroatoms. The Morgan fingerprint density at radius 1 is 1.24 bits per heavy atom. The Bertz CT molecular complexity index is 587. The van der Waals surface area contributed by atoms with Gasteiger partial charge in [0.15, 0.2) is 0 Å². The van der Waals surface area contributed by atoms with Gasteiger partial charge < -0.3 is 14.3 Å². The molecule has 0 amide bonds. The van der Waals surface area contributed by atoms with Gasteiger partial charge in [-0.15, -0.1) is 0 Å². The summed E-state index contributed by atoms with van der Waals surface area (Å²) >= 11 is 0. The van der Waals surface area contributed by atoms with Crippen LogP contribution in [0.5, 0.6) is 0 Å². The van der Waals surface area contributed by atoms with Crippen molar-refractivity contribution in [3.05, 3.63) is 52.3 Å². The summed E-state index contributed by atoms with van der Waals surface area (Å²) in [7, 11) is 0. The van der Waals surface area contributed by atoms with Crippen molar-refractivity contribution < 1.29 is 19.2 Å². The van der Waals surface area contributed by atoms with Crippen LogP contribution in [0.1, 0.15) is 10.6 Å². The number of aromatic carboxylic acids is 1. The second-order valence-corrected chi connectivity index (χ2v) is 3.26. The number of furan rings is 1. The van der Waals surface area contributed by atoms with E-state index in [0.29, 0.717) is 5.56 Å². The number of hydrogen-bond acceptors (Lipinski definition) is 5. The van der Waals surface area contributed by atoms with E-state index < -0.39 is 10.9 Å². The second-order valence-electron chi connectivity index (χ2n) is 3.26. The van der Waals surface area contributed by atoms with E-state index in [9.17, 15) is 20.0 Å². The van der Waals surface area contributed by atoms with Gasteiger partial charge in [0.1, 0.15) is 17.5 Å². The van der Waals surface area contributed by atoms with Crippen LogP contribution in [0, 0.1) is 10.1 Å². The Balaban J connectivity index is 2.42. The highest BCUT2D eigenvalue weighted by molar-refractivity contribution is 5.83. The topological polar surface area (TPSA) is 96.4 Å². The molecular formula is C11H6NO5-. The zero-order valence-electron chi connectivity index (χ0n) is 8.45. The molecule has 0 aliphatic rings. The molecule has 0 aliphatic heterocycles. The minimum Gasteiger partial charge on any atom is -0.542 e. The second kappa shape index (κ2) is 4.09. The lowest BCUT2D eigenvalue weighted by atomic mass is 10.1. The summed E-state index contributed by atoms with van der Waals surface area (Å²) in [6.07, 6.45) is 0. The SMILES string of the molecule is O=C([O-])c1ccc(-c2cccc([N+](=O)[O-])c2)o1. The van der Waals surface area contributed by atoms with Gasteiger partial charge in [0, 0.05) is 17.7 Å². The van der Waals surface area contributed by atoms with Crippen LogP contribution in [-0.2, 0) is 0 Å². The molecule has 1 heterocycles. The van der Waals surface area contributed by atoms with E-state index in [0.717, 1.165) is 0 Å². The third kappa shape index (κ3) is 2.15. The molecule has 6 nitrogen and oxygen atoms in total. The maximum absolute atomic E-state index is 10.6. The molecule has 2 rings (SSSR count). The van der Waals surface area contributed by atoms with Gasteiger partial charge in [-0.05, 0) is 12.1 Å². The quantitative estimate of drug-likeness (QED) is 0.585. The van der Waals surface area contributed by atoms with Crippen molar-refractivity contribution in [3.8, 4) is 11.3 Å². The zero-order valence-corrected chi connectivity index (χ0v) is 8.45. The Labute approximate surface area is 95.3 Å². The van der Waals surface area contributed by atoms with Crippen molar-refractivity contribution in [2.45, 2.75) is 0 Å². The monoisotopic (exact) mass is 232 g/mol. The average molecular weight is 232 g/mol. The van der Waals surface area contributed by atoms with Crippen molar-refractivity contribution in [3.63, 3.8) is 0 Å². The fraction of sp³-hybridized carbons (Fsp3) is 0. The van der Waals surface area contributed by atoms with Gasteiger partial charge in [-0.3, -0.25) is 10.1 Å². The number of nitro groups is 1. The van der Waals surface area contributed by atoms with Gasteiger partial charge in [-0.1, -0.05) is 12.1 Å². The smallest absolute Gasteiger partial charge is 0.270 e. The van der Waals surface area contributed by atoms with E-state index in [1.807, 2.05) is 0 Å². The summed E-state index contributed by atoms with van der Waals surface area (Å²) in [4.78, 5) is 20.5. The highest BCUT2D eigenvalue weighted by Crippen LogP contribution is 2.25. The zero-order chi connectivity index (χ0) is 12.4. The minimum atomic E-state index is -1.43. The molecule has 0 fully saturated rings. The van der Waals surface area contributed by atoms with Crippen LogP contribution < -0.4 is 5.11 Å². The fourth-order valence-corrected chi connectivity index (χ4v) is 1.38. The molecule has 0 saturated carbocycles. The molecule has 0 spiro atoms. The number of non-ortho nitro benzene ring substituents is 1. The highest BCUT2D eigenvalue weighted by Gasteiger charge is 2.10. The van der Waals surface area contributed by atoms with Crippen LogP contribution >= 0.6 is 0 Å². The molecule has 0 radical (unpaired) electrons. The van der Waals surface area contributed by atoms with E-state index in [2.05, 4.69) is 0 Å². The number of carbonyl (C=O) groups excluding carboxylic acids is 1. The van der Waals surface area contributed by atoms with E-state index >= 15 is 0 Å². The van der Waals surface area contributed by atoms with Crippen LogP contribution in [0.4, 0.5) is 5.69 Å². The van der Waals surface area contributed by atoms with Crippen molar-refractivity contribution in [1.29, 1.82) is 0 Å². The Morgan fingerprint density at radius 3 is 2.59 bits per heavy atom. The first-order valence-corrected chi connectivity index (χ1v) is 4.64. The third-order valence-corrected chi connectivity index (χ3v) is 2.15. The summed E-state index contributed by atoms with van der Waals surface area (Å²) in [6, 6.07) is 8.39. The van der Waals surface area contributed by atoms with Crippen molar-refractivity contribution in [2.75, 3.05) is 0 Å². The summed E-state index contributed by atoms with van der Waals surface area (Å²) in [5.74, 6) is -1.50. The minimum absolute atomic E-state index is 0.0890. The van der Waals surface area contributed by atoms with Crippen LogP contribution in [0.3, 0.4) is 0 Å². The third-order valence-electron chi connectivity index (χ3n) is 2.15.